The molecule has 33 heavy (non-hydrogen) atoms. The van der Waals surface area contributed by atoms with Gasteiger partial charge in [-0.2, -0.15) is 0 Å². The van der Waals surface area contributed by atoms with E-state index in [0.29, 0.717) is 12.0 Å². The van der Waals surface area contributed by atoms with Crippen molar-refractivity contribution in [3.05, 3.63) is 40.0 Å². The molecule has 7 atom stereocenters. The van der Waals surface area contributed by atoms with Crippen molar-refractivity contribution in [1.29, 1.82) is 0 Å². The maximum atomic E-state index is 13.5. The molecule has 5 rings (SSSR count). The number of likely N-dealkylation sites (N-methyl/N-ethyl adjacent to an activating group) is 1. The molecule has 1 aromatic carbocycles. The van der Waals surface area contributed by atoms with E-state index < -0.39 is 48.4 Å². The second kappa shape index (κ2) is 7.73. The number of hydrogen-bond donors (Lipinski definition) is 2. The molecular weight excluding hydrogens is 430 g/mol. The van der Waals surface area contributed by atoms with Crippen molar-refractivity contribution in [3.63, 3.8) is 0 Å². The molecule has 0 radical (unpaired) electrons. The zero-order valence-corrected chi connectivity index (χ0v) is 18.9. The molecule has 2 saturated heterocycles. The second-order valence-corrected chi connectivity index (χ2v) is 9.46. The minimum absolute atomic E-state index is 0.0282. The molecule has 0 aromatic heterocycles. The Bertz CT molecular complexity index is 1090. The van der Waals surface area contributed by atoms with Crippen molar-refractivity contribution in [2.75, 3.05) is 14.1 Å². The molecule has 0 saturated carbocycles. The lowest BCUT2D eigenvalue weighted by molar-refractivity contribution is -0.142. The van der Waals surface area contributed by atoms with Crippen LogP contribution in [0, 0.1) is 0 Å². The molecule has 0 bridgehead atoms. The average Bonchev–Trinajstić information content (AvgIpc) is 3.12. The minimum Gasteiger partial charge on any atom is -0.508 e. The number of esters is 1. The number of rotatable bonds is 2. The fraction of sp³-hybridized carbons (Fsp3) is 0.542. The highest BCUT2D eigenvalue weighted by molar-refractivity contribution is 6.28. The van der Waals surface area contributed by atoms with Gasteiger partial charge in [0.15, 0.2) is 17.7 Å². The van der Waals surface area contributed by atoms with E-state index in [1.807, 2.05) is 19.0 Å². The summed E-state index contributed by atoms with van der Waals surface area (Å²) in [6.45, 7) is 3.44. The fourth-order valence-corrected chi connectivity index (χ4v) is 5.47. The summed E-state index contributed by atoms with van der Waals surface area (Å²) < 4.78 is 17.1. The molecule has 176 valence electrons. The Morgan fingerprint density at radius 2 is 1.67 bits per heavy atom. The van der Waals surface area contributed by atoms with Gasteiger partial charge in [-0.15, -0.1) is 0 Å². The number of fused-ring (bicyclic) bond motifs is 3. The average molecular weight is 457 g/mol. The Balaban J connectivity index is 1.56. The van der Waals surface area contributed by atoms with Crippen LogP contribution in [0.4, 0.5) is 0 Å². The molecular formula is C24H27NO8. The summed E-state index contributed by atoms with van der Waals surface area (Å²) in [5, 5.41) is 21.3. The minimum atomic E-state index is -0.917. The van der Waals surface area contributed by atoms with E-state index >= 15 is 0 Å². The first kappa shape index (κ1) is 22.2. The maximum absolute atomic E-state index is 13.5. The quantitative estimate of drug-likeness (QED) is 0.633. The van der Waals surface area contributed by atoms with E-state index in [0.717, 1.165) is 0 Å². The van der Waals surface area contributed by atoms with E-state index in [1.54, 1.807) is 13.8 Å². The van der Waals surface area contributed by atoms with Crippen LogP contribution in [-0.4, -0.2) is 83.3 Å². The molecule has 1 aliphatic carbocycles. The molecule has 1 aromatic rings. The summed E-state index contributed by atoms with van der Waals surface area (Å²) in [5.74, 6) is -1.47. The number of aliphatic hydroxyl groups is 1. The zero-order chi connectivity index (χ0) is 23.8. The van der Waals surface area contributed by atoms with Crippen molar-refractivity contribution in [2.45, 2.75) is 69.4 Å². The van der Waals surface area contributed by atoms with E-state index in [4.69, 9.17) is 14.2 Å². The first-order valence-corrected chi connectivity index (χ1v) is 11.1. The zero-order valence-electron chi connectivity index (χ0n) is 18.9. The lowest BCUT2D eigenvalue weighted by atomic mass is 9.76. The third-order valence-electron chi connectivity index (χ3n) is 7.19. The molecule has 3 aliphatic heterocycles. The number of ketones is 2. The molecule has 0 amide bonds. The van der Waals surface area contributed by atoms with Crippen molar-refractivity contribution in [1.82, 2.24) is 4.90 Å². The number of carbonyl (C=O) groups excluding carboxylic acids is 3. The number of phenolic OH excluding ortho intramolecular Hbond substituents is 1. The number of nitrogens with zero attached hydrogens (tertiary/aromatic N) is 1. The summed E-state index contributed by atoms with van der Waals surface area (Å²) in [6.07, 6.45) is -3.52. The molecule has 4 aliphatic rings. The third kappa shape index (κ3) is 3.33. The number of aromatic hydroxyl groups is 1. The summed E-state index contributed by atoms with van der Waals surface area (Å²) >= 11 is 0. The summed E-state index contributed by atoms with van der Waals surface area (Å²) in [7, 11) is 3.72. The van der Waals surface area contributed by atoms with Crippen LogP contribution >= 0.6 is 0 Å². The van der Waals surface area contributed by atoms with Crippen molar-refractivity contribution in [2.24, 2.45) is 0 Å². The highest BCUT2D eigenvalue weighted by atomic mass is 16.6. The van der Waals surface area contributed by atoms with Gasteiger partial charge in [-0.05, 0) is 46.5 Å². The Kier molecular flexibility index (Phi) is 5.20. The lowest BCUT2D eigenvalue weighted by Crippen LogP contribution is -2.50. The van der Waals surface area contributed by atoms with Crippen LogP contribution in [0.25, 0.3) is 0 Å². The smallest absolute Gasteiger partial charge is 0.309 e. The van der Waals surface area contributed by atoms with Crippen LogP contribution in [0.2, 0.25) is 0 Å². The topological polar surface area (TPSA) is 123 Å². The number of benzene rings is 1. The molecule has 0 spiro atoms. The highest BCUT2D eigenvalue weighted by Gasteiger charge is 2.51. The predicted molar refractivity (Wildman–Crippen MR) is 114 cm³/mol. The molecule has 2 N–H and O–H groups in total. The summed E-state index contributed by atoms with van der Waals surface area (Å²) in [6, 6.07) is 2.60. The number of carbonyl (C=O) groups is 3. The van der Waals surface area contributed by atoms with E-state index in [-0.39, 0.29) is 46.3 Å². The van der Waals surface area contributed by atoms with E-state index in [1.165, 1.54) is 12.1 Å². The first-order valence-electron chi connectivity index (χ1n) is 11.1. The van der Waals surface area contributed by atoms with Gasteiger partial charge in [0.2, 0.25) is 0 Å². The van der Waals surface area contributed by atoms with Crippen molar-refractivity contribution in [3.8, 4) is 5.75 Å². The van der Waals surface area contributed by atoms with E-state index in [2.05, 4.69) is 0 Å². The third-order valence-corrected chi connectivity index (χ3v) is 7.19. The van der Waals surface area contributed by atoms with E-state index in [9.17, 15) is 24.6 Å². The monoisotopic (exact) mass is 457 g/mol. The van der Waals surface area contributed by atoms with Crippen molar-refractivity contribution < 1.29 is 38.8 Å². The Morgan fingerprint density at radius 1 is 1.00 bits per heavy atom. The van der Waals surface area contributed by atoms with Crippen LogP contribution in [-0.2, 0) is 19.0 Å². The molecule has 2 fully saturated rings. The molecule has 9 nitrogen and oxygen atoms in total. The Labute approximate surface area is 190 Å². The second-order valence-electron chi connectivity index (χ2n) is 9.46. The molecule has 9 heteroatoms. The molecule has 1 unspecified atom stereocenters. The largest absolute Gasteiger partial charge is 0.508 e. The van der Waals surface area contributed by atoms with Gasteiger partial charge in [-0.1, -0.05) is 0 Å². The van der Waals surface area contributed by atoms with Gasteiger partial charge < -0.3 is 29.3 Å². The van der Waals surface area contributed by atoms with Gasteiger partial charge in [-0.25, -0.2) is 0 Å². The summed E-state index contributed by atoms with van der Waals surface area (Å²) in [4.78, 5) is 40.7. The van der Waals surface area contributed by atoms with Gasteiger partial charge in [0.25, 0.3) is 0 Å². The van der Waals surface area contributed by atoms with Crippen LogP contribution in [0.5, 0.6) is 5.75 Å². The van der Waals surface area contributed by atoms with Crippen LogP contribution in [0.3, 0.4) is 0 Å². The Morgan fingerprint density at radius 3 is 2.36 bits per heavy atom. The summed E-state index contributed by atoms with van der Waals surface area (Å²) in [5.41, 5.74) is 0.962. The van der Waals surface area contributed by atoms with Crippen LogP contribution in [0.1, 0.15) is 59.1 Å². The highest BCUT2D eigenvalue weighted by Crippen LogP contribution is 2.44. The Hall–Kier alpha value is -2.59. The fourth-order valence-electron chi connectivity index (χ4n) is 5.47. The number of phenols is 1. The predicted octanol–water partition coefficient (Wildman–Crippen LogP) is 1.31. The number of aliphatic hydroxyl groups excluding tert-OH is 1. The SMILES string of the molecule is C[C@H]1O[C@@H]2CC(=O)O[C@@H]2C2=C1C(=O)c1cc(C3C[C@@H](N(C)C)[C@H](O)[C@@H](C)O3)c(O)cc1C2=O. The van der Waals surface area contributed by atoms with Gasteiger partial charge in [0, 0.05) is 28.3 Å². The lowest BCUT2D eigenvalue weighted by Gasteiger charge is -2.41. The standard InChI is InChI=1S/C24H27NO8/c1-9-19-20(24-17(31-9)8-18(27)33-24)23(30)12-6-15(26)13(5-11(12)22(19)29)16-7-14(25(3)4)21(28)10(2)32-16/h5-6,9-10,14,16-17,21,24,26,28H,7-8H2,1-4H3/t9-,10-,14-,16?,17-,21-,24+/m1/s1. The molecule has 3 heterocycles. The van der Waals surface area contributed by atoms with Gasteiger partial charge >= 0.3 is 5.97 Å². The first-order chi connectivity index (χ1) is 15.6. The normalized spacial score (nSPS) is 35.9. The van der Waals surface area contributed by atoms with Crippen LogP contribution < -0.4 is 0 Å². The van der Waals surface area contributed by atoms with Gasteiger partial charge in [-0.3, -0.25) is 14.4 Å². The number of Topliss-reactive ketones (excluding diaryl/α,β-unsaturated/α-hetero) is 2. The number of ether oxygens (including phenoxy) is 3. The maximum Gasteiger partial charge on any atom is 0.309 e. The number of hydrogen-bond acceptors (Lipinski definition) is 9. The van der Waals surface area contributed by atoms with Gasteiger partial charge in [0.05, 0.1) is 36.4 Å². The van der Waals surface area contributed by atoms with Gasteiger partial charge in [0.1, 0.15) is 11.9 Å². The van der Waals surface area contributed by atoms with Crippen LogP contribution in [0.15, 0.2) is 23.3 Å². The van der Waals surface area contributed by atoms with Crippen molar-refractivity contribution >= 4 is 17.5 Å².